The second kappa shape index (κ2) is 8.81. The molecule has 0 unspecified atom stereocenters. The van der Waals surface area contributed by atoms with Gasteiger partial charge < -0.3 is 4.43 Å². The number of benzene rings is 1. The molecule has 0 radical (unpaired) electrons. The van der Waals surface area contributed by atoms with Crippen molar-refractivity contribution in [2.45, 2.75) is 64.8 Å². The summed E-state index contributed by atoms with van der Waals surface area (Å²) < 4.78 is 8.20. The summed E-state index contributed by atoms with van der Waals surface area (Å²) >= 11 is 2.38. The molecule has 1 aliphatic carbocycles. The van der Waals surface area contributed by atoms with E-state index in [1.165, 1.54) is 38.4 Å². The Hall–Kier alpha value is -0.393. The van der Waals surface area contributed by atoms with Crippen molar-refractivity contribution in [3.05, 3.63) is 51.6 Å². The summed E-state index contributed by atoms with van der Waals surface area (Å²) in [6, 6.07) is 14.5. The summed E-state index contributed by atoms with van der Waals surface area (Å²) in [5.41, 5.74) is 4.31. The van der Waals surface area contributed by atoms with Crippen molar-refractivity contribution in [1.82, 2.24) is 0 Å². The van der Waals surface area contributed by atoms with Crippen LogP contribution >= 0.6 is 22.6 Å². The first-order valence-corrected chi connectivity index (χ1v) is 12.8. The lowest BCUT2D eigenvalue weighted by Crippen LogP contribution is -2.41. The van der Waals surface area contributed by atoms with Gasteiger partial charge in [-0.1, -0.05) is 57.7 Å². The second-order valence-corrected chi connectivity index (χ2v) is 13.2. The third-order valence-corrected chi connectivity index (χ3v) is 10.8. The molecule has 2 atom stereocenters. The zero-order valence-electron chi connectivity index (χ0n) is 15.6. The maximum absolute atomic E-state index is 6.96. The Kier molecular flexibility index (Phi) is 7.32. The van der Waals surface area contributed by atoms with Crippen molar-refractivity contribution in [2.75, 3.05) is 0 Å². The number of hydrogen-bond acceptors (Lipinski definition) is 1. The predicted octanol–water partition coefficient (Wildman–Crippen LogP) is 7.21. The van der Waals surface area contributed by atoms with Crippen LogP contribution in [0.4, 0.5) is 0 Å². The number of rotatable bonds is 8. The van der Waals surface area contributed by atoms with E-state index in [1.807, 2.05) is 0 Å². The molecule has 2 rings (SSSR count). The van der Waals surface area contributed by atoms with Gasteiger partial charge in [-0.15, -0.1) is 0 Å². The minimum atomic E-state index is -1.61. The fraction of sp³-hybridized carbons (Fsp3) is 0.524. The lowest BCUT2D eigenvalue weighted by Gasteiger charge is -2.35. The Morgan fingerprint density at radius 2 is 1.75 bits per heavy atom. The molecule has 132 valence electrons. The van der Waals surface area contributed by atoms with Crippen molar-refractivity contribution in [1.29, 1.82) is 0 Å². The monoisotopic (exact) mass is 454 g/mol. The van der Waals surface area contributed by atoms with Crippen LogP contribution in [0.3, 0.4) is 0 Å². The molecule has 0 N–H and O–H groups in total. The van der Waals surface area contributed by atoms with Gasteiger partial charge in [-0.2, -0.15) is 0 Å². The number of allylic oxidation sites excluding steroid dienone is 2. The van der Waals surface area contributed by atoms with Gasteiger partial charge in [0.05, 0.1) is 6.10 Å². The van der Waals surface area contributed by atoms with Crippen LogP contribution in [0.25, 0.3) is 5.57 Å². The van der Waals surface area contributed by atoms with Crippen LogP contribution in [0.2, 0.25) is 18.1 Å². The fourth-order valence-corrected chi connectivity index (χ4v) is 7.43. The van der Waals surface area contributed by atoms with E-state index < -0.39 is 8.32 Å². The van der Waals surface area contributed by atoms with Gasteiger partial charge in [0.1, 0.15) is 0 Å². The summed E-state index contributed by atoms with van der Waals surface area (Å²) in [6.07, 6.45) is 2.45. The standard InChI is InChI=1S/C21H31IOSi/c1-6-24(7-2,8-3)23-21-17(5)20(15-19(21)14-16(4)22)18-12-10-9-11-13-18/h9-13,19,21H,4,6-8,14-15H2,1-3,5H3/t19-,21-/m1/s1. The number of halogens is 1. The summed E-state index contributed by atoms with van der Waals surface area (Å²) in [4.78, 5) is 0. The molecule has 3 heteroatoms. The van der Waals surface area contributed by atoms with Crippen LogP contribution in [0.5, 0.6) is 0 Å². The van der Waals surface area contributed by atoms with Crippen molar-refractivity contribution in [3.8, 4) is 0 Å². The molecule has 1 nitrogen and oxygen atoms in total. The van der Waals surface area contributed by atoms with Gasteiger partial charge >= 0.3 is 0 Å². The van der Waals surface area contributed by atoms with Gasteiger partial charge in [0, 0.05) is 0 Å². The Bertz CT molecular complexity index is 581. The summed E-state index contributed by atoms with van der Waals surface area (Å²) in [5, 5.41) is 0. The average Bonchev–Trinajstić information content (AvgIpc) is 2.89. The van der Waals surface area contributed by atoms with E-state index in [0.29, 0.717) is 5.92 Å². The average molecular weight is 454 g/mol. The highest BCUT2D eigenvalue weighted by atomic mass is 127. The molecule has 0 amide bonds. The smallest absolute Gasteiger partial charge is 0.192 e. The predicted molar refractivity (Wildman–Crippen MR) is 117 cm³/mol. The van der Waals surface area contributed by atoms with Gasteiger partial charge in [0.15, 0.2) is 8.32 Å². The Labute approximate surface area is 162 Å². The van der Waals surface area contributed by atoms with Crippen LogP contribution in [-0.2, 0) is 4.43 Å². The van der Waals surface area contributed by atoms with E-state index in [4.69, 9.17) is 4.43 Å². The summed E-state index contributed by atoms with van der Waals surface area (Å²) in [6.45, 7) is 13.4. The van der Waals surface area contributed by atoms with Gasteiger partial charge in [0.25, 0.3) is 0 Å². The quantitative estimate of drug-likeness (QED) is 0.298. The van der Waals surface area contributed by atoms with Crippen LogP contribution in [0, 0.1) is 5.92 Å². The highest BCUT2D eigenvalue weighted by molar-refractivity contribution is 14.1. The largest absolute Gasteiger partial charge is 0.410 e. The van der Waals surface area contributed by atoms with Gasteiger partial charge in [-0.3, -0.25) is 0 Å². The molecule has 0 aliphatic heterocycles. The molecule has 0 aromatic heterocycles. The van der Waals surface area contributed by atoms with E-state index in [2.05, 4.69) is 87.2 Å². The van der Waals surface area contributed by atoms with Crippen LogP contribution in [0.15, 0.2) is 46.1 Å². The van der Waals surface area contributed by atoms with Crippen molar-refractivity contribution in [2.24, 2.45) is 5.92 Å². The third-order valence-electron chi connectivity index (χ3n) is 5.71. The molecule has 1 aromatic rings. The van der Waals surface area contributed by atoms with Gasteiger partial charge in [-0.25, -0.2) is 0 Å². The highest BCUT2D eigenvalue weighted by Gasteiger charge is 2.40. The van der Waals surface area contributed by atoms with E-state index in [0.717, 1.165) is 12.8 Å². The minimum absolute atomic E-state index is 0.276. The molecule has 0 spiro atoms. The lowest BCUT2D eigenvalue weighted by molar-refractivity contribution is 0.167. The number of hydrogen-bond donors (Lipinski definition) is 0. The molecule has 0 fully saturated rings. The van der Waals surface area contributed by atoms with Crippen LogP contribution in [0.1, 0.15) is 46.1 Å². The van der Waals surface area contributed by atoms with Gasteiger partial charge in [-0.05, 0) is 86.7 Å². The SMILES string of the molecule is C=C(I)C[C@@H]1CC(c2ccccc2)=C(C)[C@H]1O[Si](CC)(CC)CC. The molecule has 1 aromatic carbocycles. The topological polar surface area (TPSA) is 9.23 Å². The Morgan fingerprint density at radius 1 is 1.17 bits per heavy atom. The van der Waals surface area contributed by atoms with Crippen molar-refractivity contribution in [3.63, 3.8) is 0 Å². The molecule has 1 aliphatic rings. The first-order chi connectivity index (χ1) is 11.5. The zero-order chi connectivity index (χ0) is 17.7. The normalized spacial score (nSPS) is 21.4. The fourth-order valence-electron chi connectivity index (χ4n) is 3.96. The first kappa shape index (κ1) is 19.9. The summed E-state index contributed by atoms with van der Waals surface area (Å²) in [7, 11) is -1.61. The highest BCUT2D eigenvalue weighted by Crippen LogP contribution is 2.44. The van der Waals surface area contributed by atoms with Gasteiger partial charge in [0.2, 0.25) is 0 Å². The molecular formula is C21H31IOSi. The molecule has 0 saturated heterocycles. The third kappa shape index (κ3) is 4.41. The maximum atomic E-state index is 6.96. The van der Waals surface area contributed by atoms with E-state index in [-0.39, 0.29) is 6.10 Å². The zero-order valence-corrected chi connectivity index (χ0v) is 18.7. The van der Waals surface area contributed by atoms with Crippen molar-refractivity contribution >= 4 is 36.5 Å². The molecule has 0 bridgehead atoms. The van der Waals surface area contributed by atoms with Crippen molar-refractivity contribution < 1.29 is 4.43 Å². The summed E-state index contributed by atoms with van der Waals surface area (Å²) in [5.74, 6) is 0.543. The first-order valence-electron chi connectivity index (χ1n) is 9.22. The molecule has 0 heterocycles. The molecular weight excluding hydrogens is 423 g/mol. The Balaban J connectivity index is 2.35. The lowest BCUT2D eigenvalue weighted by atomic mass is 9.97. The van der Waals surface area contributed by atoms with Crippen LogP contribution in [-0.4, -0.2) is 14.4 Å². The second-order valence-electron chi connectivity index (χ2n) is 7.00. The van der Waals surface area contributed by atoms with E-state index in [9.17, 15) is 0 Å². The van der Waals surface area contributed by atoms with E-state index in [1.54, 1.807) is 0 Å². The Morgan fingerprint density at radius 3 is 2.25 bits per heavy atom. The van der Waals surface area contributed by atoms with E-state index >= 15 is 0 Å². The van der Waals surface area contributed by atoms with Crippen LogP contribution < -0.4 is 0 Å². The molecule has 24 heavy (non-hydrogen) atoms. The molecule has 0 saturated carbocycles. The minimum Gasteiger partial charge on any atom is -0.410 e. The maximum Gasteiger partial charge on any atom is 0.192 e.